The molecule has 0 fully saturated rings. The molecule has 1 aromatic carbocycles. The zero-order chi connectivity index (χ0) is 15.2. The van der Waals surface area contributed by atoms with E-state index in [-0.39, 0.29) is 17.0 Å². The van der Waals surface area contributed by atoms with Gasteiger partial charge in [-0.25, -0.2) is 4.39 Å². The highest BCUT2D eigenvalue weighted by Crippen LogP contribution is 2.30. The predicted molar refractivity (Wildman–Crippen MR) is 80.4 cm³/mol. The number of thioether (sulfide) groups is 1. The van der Waals surface area contributed by atoms with E-state index in [2.05, 4.69) is 5.32 Å². The van der Waals surface area contributed by atoms with E-state index in [1.54, 1.807) is 12.1 Å². The van der Waals surface area contributed by atoms with Gasteiger partial charge in [0.15, 0.2) is 0 Å². The van der Waals surface area contributed by atoms with Crippen molar-refractivity contribution in [2.24, 2.45) is 0 Å². The first-order chi connectivity index (χ1) is 9.42. The fourth-order valence-electron chi connectivity index (χ4n) is 2.22. The molecule has 1 rings (SSSR count). The van der Waals surface area contributed by atoms with Crippen molar-refractivity contribution in [1.29, 1.82) is 0 Å². The quantitative estimate of drug-likeness (QED) is 0.619. The lowest BCUT2D eigenvalue weighted by molar-refractivity contribution is -0.148. The number of methoxy groups -OCH3 is 1. The molecule has 0 saturated heterocycles. The Morgan fingerprint density at radius 3 is 2.70 bits per heavy atom. The van der Waals surface area contributed by atoms with Gasteiger partial charge in [-0.3, -0.25) is 4.79 Å². The fraction of sp³-hybridized carbons (Fsp3) is 0.533. The Balaban J connectivity index is 2.74. The highest BCUT2D eigenvalue weighted by molar-refractivity contribution is 8.00. The average molecular weight is 299 g/mol. The van der Waals surface area contributed by atoms with Crippen molar-refractivity contribution in [2.45, 2.75) is 42.9 Å². The minimum atomic E-state index is -0.749. The second-order valence-electron chi connectivity index (χ2n) is 4.92. The molecule has 0 saturated carbocycles. The van der Waals surface area contributed by atoms with E-state index < -0.39 is 5.54 Å². The predicted octanol–water partition coefficient (Wildman–Crippen LogP) is 3.24. The Morgan fingerprint density at radius 1 is 1.50 bits per heavy atom. The van der Waals surface area contributed by atoms with E-state index in [0.717, 1.165) is 0 Å². The van der Waals surface area contributed by atoms with E-state index in [4.69, 9.17) is 4.74 Å². The summed E-state index contributed by atoms with van der Waals surface area (Å²) >= 11 is 1.43. The third-order valence-corrected chi connectivity index (χ3v) is 4.22. The molecule has 1 N–H and O–H groups in total. The van der Waals surface area contributed by atoms with E-state index in [0.29, 0.717) is 17.9 Å². The lowest BCUT2D eigenvalue weighted by Gasteiger charge is -2.30. The summed E-state index contributed by atoms with van der Waals surface area (Å²) in [6, 6.07) is 6.67. The largest absolute Gasteiger partial charge is 0.468 e. The molecule has 0 amide bonds. The summed E-state index contributed by atoms with van der Waals surface area (Å²) in [6.07, 6.45) is 0.562. The third kappa shape index (κ3) is 4.49. The molecule has 112 valence electrons. The SMILES string of the molecule is CCNC(C)(CC(C)Sc1ccccc1F)C(=O)OC. The number of nitrogens with one attached hydrogen (secondary N) is 1. The monoisotopic (exact) mass is 299 g/mol. The molecule has 2 atom stereocenters. The molecular weight excluding hydrogens is 277 g/mol. The van der Waals surface area contributed by atoms with Crippen molar-refractivity contribution in [2.75, 3.05) is 13.7 Å². The molecule has 3 nitrogen and oxygen atoms in total. The van der Waals surface area contributed by atoms with Crippen molar-refractivity contribution < 1.29 is 13.9 Å². The Hall–Kier alpha value is -1.07. The Labute approximate surface area is 124 Å². The molecule has 0 radical (unpaired) electrons. The standard InChI is InChI=1S/C15H22FNO2S/c1-5-17-15(3,14(18)19-4)10-11(2)20-13-9-7-6-8-12(13)16/h6-9,11,17H,5,10H2,1-4H3. The van der Waals surface area contributed by atoms with Crippen LogP contribution in [0.1, 0.15) is 27.2 Å². The van der Waals surface area contributed by atoms with Crippen LogP contribution in [-0.2, 0) is 9.53 Å². The number of hydrogen-bond donors (Lipinski definition) is 1. The topological polar surface area (TPSA) is 38.3 Å². The van der Waals surface area contributed by atoms with Crippen LogP contribution in [0.4, 0.5) is 4.39 Å². The normalized spacial score (nSPS) is 15.4. The molecule has 1 aromatic rings. The number of rotatable bonds is 7. The van der Waals surface area contributed by atoms with Crippen LogP contribution < -0.4 is 5.32 Å². The van der Waals surface area contributed by atoms with Crippen molar-refractivity contribution in [1.82, 2.24) is 5.32 Å². The van der Waals surface area contributed by atoms with Gasteiger partial charge in [0.25, 0.3) is 0 Å². The summed E-state index contributed by atoms with van der Waals surface area (Å²) in [4.78, 5) is 12.5. The van der Waals surface area contributed by atoms with E-state index in [1.807, 2.05) is 26.8 Å². The molecule has 0 aliphatic carbocycles. The Bertz CT molecular complexity index is 455. The molecule has 0 aliphatic rings. The van der Waals surface area contributed by atoms with Crippen molar-refractivity contribution >= 4 is 17.7 Å². The van der Waals surface area contributed by atoms with E-state index in [9.17, 15) is 9.18 Å². The van der Waals surface area contributed by atoms with Gasteiger partial charge in [-0.1, -0.05) is 26.0 Å². The lowest BCUT2D eigenvalue weighted by Crippen LogP contribution is -2.51. The van der Waals surface area contributed by atoms with Crippen LogP contribution in [-0.4, -0.2) is 30.4 Å². The molecular formula is C15H22FNO2S. The number of carbonyl (C=O) groups is 1. The minimum absolute atomic E-state index is 0.0787. The second kappa shape index (κ2) is 7.64. The van der Waals surface area contributed by atoms with Crippen LogP contribution in [0.3, 0.4) is 0 Å². The van der Waals surface area contributed by atoms with Gasteiger partial charge in [0.05, 0.1) is 7.11 Å². The third-order valence-electron chi connectivity index (χ3n) is 3.06. The smallest absolute Gasteiger partial charge is 0.325 e. The highest BCUT2D eigenvalue weighted by Gasteiger charge is 2.35. The molecule has 5 heteroatoms. The minimum Gasteiger partial charge on any atom is -0.468 e. The lowest BCUT2D eigenvalue weighted by atomic mass is 9.96. The summed E-state index contributed by atoms with van der Waals surface area (Å²) in [6.45, 7) is 6.41. The van der Waals surface area contributed by atoms with Crippen LogP contribution in [0, 0.1) is 5.82 Å². The van der Waals surface area contributed by atoms with Gasteiger partial charge in [-0.2, -0.15) is 0 Å². The highest BCUT2D eigenvalue weighted by atomic mass is 32.2. The average Bonchev–Trinajstić information content (AvgIpc) is 2.40. The van der Waals surface area contributed by atoms with Gasteiger partial charge < -0.3 is 10.1 Å². The molecule has 0 aromatic heterocycles. The summed E-state index contributed by atoms with van der Waals surface area (Å²) in [5, 5.41) is 3.24. The first kappa shape index (κ1) is 17.0. The van der Waals surface area contributed by atoms with Crippen LogP contribution in [0.15, 0.2) is 29.2 Å². The number of likely N-dealkylation sites (N-methyl/N-ethyl adjacent to an activating group) is 1. The van der Waals surface area contributed by atoms with Crippen LogP contribution in [0.25, 0.3) is 0 Å². The molecule has 2 unspecified atom stereocenters. The zero-order valence-electron chi connectivity index (χ0n) is 12.4. The van der Waals surface area contributed by atoms with Crippen LogP contribution in [0.5, 0.6) is 0 Å². The maximum atomic E-state index is 13.6. The number of halogens is 1. The zero-order valence-corrected chi connectivity index (χ0v) is 13.2. The first-order valence-corrected chi connectivity index (χ1v) is 7.55. The number of carbonyl (C=O) groups excluding carboxylic acids is 1. The molecule has 0 spiro atoms. The first-order valence-electron chi connectivity index (χ1n) is 6.67. The molecule has 0 bridgehead atoms. The molecule has 0 aliphatic heterocycles. The number of ether oxygens (including phenoxy) is 1. The maximum Gasteiger partial charge on any atom is 0.325 e. The van der Waals surface area contributed by atoms with Gasteiger partial charge in [0, 0.05) is 10.1 Å². The van der Waals surface area contributed by atoms with Crippen LogP contribution >= 0.6 is 11.8 Å². The van der Waals surface area contributed by atoms with Crippen molar-refractivity contribution in [3.8, 4) is 0 Å². The maximum absolute atomic E-state index is 13.6. The summed E-state index contributed by atoms with van der Waals surface area (Å²) < 4.78 is 18.5. The molecule has 0 heterocycles. The van der Waals surface area contributed by atoms with Gasteiger partial charge in [0.1, 0.15) is 11.4 Å². The van der Waals surface area contributed by atoms with Crippen molar-refractivity contribution in [3.63, 3.8) is 0 Å². The van der Waals surface area contributed by atoms with Gasteiger partial charge in [0.2, 0.25) is 0 Å². The fourth-order valence-corrected chi connectivity index (χ4v) is 3.40. The van der Waals surface area contributed by atoms with Gasteiger partial charge in [-0.15, -0.1) is 11.8 Å². The van der Waals surface area contributed by atoms with Crippen molar-refractivity contribution in [3.05, 3.63) is 30.1 Å². The Morgan fingerprint density at radius 2 is 2.15 bits per heavy atom. The number of hydrogen-bond acceptors (Lipinski definition) is 4. The van der Waals surface area contributed by atoms with Crippen LogP contribution in [0.2, 0.25) is 0 Å². The molecule has 20 heavy (non-hydrogen) atoms. The summed E-state index contributed by atoms with van der Waals surface area (Å²) in [5.74, 6) is -0.520. The van der Waals surface area contributed by atoms with E-state index >= 15 is 0 Å². The Kier molecular flexibility index (Phi) is 6.49. The number of benzene rings is 1. The van der Waals surface area contributed by atoms with Gasteiger partial charge in [-0.05, 0) is 32.0 Å². The number of esters is 1. The van der Waals surface area contributed by atoms with Gasteiger partial charge >= 0.3 is 5.97 Å². The van der Waals surface area contributed by atoms with E-state index in [1.165, 1.54) is 24.9 Å². The summed E-state index contributed by atoms with van der Waals surface area (Å²) in [7, 11) is 1.38. The summed E-state index contributed by atoms with van der Waals surface area (Å²) in [5.41, 5.74) is -0.749. The second-order valence-corrected chi connectivity index (χ2v) is 6.40.